The van der Waals surface area contributed by atoms with Crippen LogP contribution in [0.1, 0.15) is 46.5 Å². The Morgan fingerprint density at radius 1 is 1.33 bits per heavy atom. The van der Waals surface area contributed by atoms with E-state index >= 15 is 0 Å². The third kappa shape index (κ3) is 4.09. The standard InChI is InChI=1S/C14H25N3O4/c1-4-14(5-2,6-3)16-13(21)17-8-7-15-12(20)10(17)9-11(18)19/h10H,4-9H2,1-3H3,(H,15,20)(H,16,21)(H,18,19). The molecule has 0 aromatic heterocycles. The van der Waals surface area contributed by atoms with Crippen molar-refractivity contribution in [3.8, 4) is 0 Å². The van der Waals surface area contributed by atoms with E-state index < -0.39 is 17.9 Å². The molecule has 1 aliphatic heterocycles. The first-order valence-electron chi connectivity index (χ1n) is 7.47. The molecule has 1 rings (SSSR count). The molecule has 0 aromatic rings. The molecule has 0 aromatic carbocycles. The van der Waals surface area contributed by atoms with E-state index in [1.807, 2.05) is 20.8 Å². The lowest BCUT2D eigenvalue weighted by Crippen LogP contribution is -2.62. The van der Waals surface area contributed by atoms with Gasteiger partial charge in [0.15, 0.2) is 0 Å². The van der Waals surface area contributed by atoms with E-state index in [0.29, 0.717) is 13.1 Å². The number of carboxylic acid groups (broad SMARTS) is 1. The summed E-state index contributed by atoms with van der Waals surface area (Å²) in [6, 6.07) is -1.30. The molecule has 0 aliphatic carbocycles. The molecule has 21 heavy (non-hydrogen) atoms. The minimum absolute atomic E-state index is 0.307. The van der Waals surface area contributed by atoms with Gasteiger partial charge in [0, 0.05) is 18.6 Å². The van der Waals surface area contributed by atoms with Gasteiger partial charge in [0.1, 0.15) is 6.04 Å². The average molecular weight is 299 g/mol. The van der Waals surface area contributed by atoms with Crippen molar-refractivity contribution in [2.75, 3.05) is 13.1 Å². The van der Waals surface area contributed by atoms with Crippen molar-refractivity contribution in [1.29, 1.82) is 0 Å². The van der Waals surface area contributed by atoms with Crippen LogP contribution in [0.25, 0.3) is 0 Å². The van der Waals surface area contributed by atoms with E-state index in [1.54, 1.807) is 0 Å². The second-order valence-corrected chi connectivity index (χ2v) is 5.37. The predicted octanol–water partition coefficient (Wildman–Crippen LogP) is 0.940. The van der Waals surface area contributed by atoms with Crippen molar-refractivity contribution in [1.82, 2.24) is 15.5 Å². The molecule has 1 fully saturated rings. The summed E-state index contributed by atoms with van der Waals surface area (Å²) >= 11 is 0. The highest BCUT2D eigenvalue weighted by Gasteiger charge is 2.37. The van der Waals surface area contributed by atoms with Crippen molar-refractivity contribution < 1.29 is 19.5 Å². The summed E-state index contributed by atoms with van der Waals surface area (Å²) in [5, 5.41) is 14.5. The Hall–Kier alpha value is -1.79. The van der Waals surface area contributed by atoms with Crippen LogP contribution >= 0.6 is 0 Å². The first-order valence-corrected chi connectivity index (χ1v) is 7.47. The van der Waals surface area contributed by atoms with Crippen LogP contribution in [0.3, 0.4) is 0 Å². The van der Waals surface area contributed by atoms with Crippen LogP contribution < -0.4 is 10.6 Å². The zero-order valence-electron chi connectivity index (χ0n) is 12.9. The number of hydrogen-bond donors (Lipinski definition) is 3. The fourth-order valence-electron chi connectivity index (χ4n) is 2.64. The van der Waals surface area contributed by atoms with Gasteiger partial charge in [-0.05, 0) is 19.3 Å². The van der Waals surface area contributed by atoms with Gasteiger partial charge in [0.05, 0.1) is 6.42 Å². The van der Waals surface area contributed by atoms with Crippen LogP contribution in [0.15, 0.2) is 0 Å². The maximum absolute atomic E-state index is 12.5. The van der Waals surface area contributed by atoms with Gasteiger partial charge in [0.2, 0.25) is 5.91 Å². The van der Waals surface area contributed by atoms with Gasteiger partial charge >= 0.3 is 12.0 Å². The summed E-state index contributed by atoms with van der Waals surface area (Å²) in [7, 11) is 0. The summed E-state index contributed by atoms with van der Waals surface area (Å²) in [5.74, 6) is -1.50. The Morgan fingerprint density at radius 3 is 2.38 bits per heavy atom. The average Bonchev–Trinajstić information content (AvgIpc) is 2.46. The summed E-state index contributed by atoms with van der Waals surface area (Å²) in [6.07, 6.45) is 1.98. The predicted molar refractivity (Wildman–Crippen MR) is 77.9 cm³/mol. The highest BCUT2D eigenvalue weighted by molar-refractivity contribution is 5.91. The van der Waals surface area contributed by atoms with Crippen LogP contribution in [0.5, 0.6) is 0 Å². The molecule has 1 atom stereocenters. The maximum atomic E-state index is 12.5. The number of nitrogens with one attached hydrogen (secondary N) is 2. The molecule has 0 bridgehead atoms. The third-order valence-corrected chi connectivity index (χ3v) is 4.36. The van der Waals surface area contributed by atoms with Crippen LogP contribution in [-0.4, -0.2) is 52.6 Å². The number of piperazine rings is 1. The van der Waals surface area contributed by atoms with Crippen molar-refractivity contribution in [2.24, 2.45) is 0 Å². The highest BCUT2D eigenvalue weighted by Crippen LogP contribution is 2.20. The first-order chi connectivity index (χ1) is 9.89. The summed E-state index contributed by atoms with van der Waals surface area (Å²) in [6.45, 7) is 6.68. The topological polar surface area (TPSA) is 98.7 Å². The second-order valence-electron chi connectivity index (χ2n) is 5.37. The molecule has 1 aliphatic rings. The molecule has 0 saturated carbocycles. The van der Waals surface area contributed by atoms with Crippen LogP contribution in [0.4, 0.5) is 4.79 Å². The Morgan fingerprint density at radius 2 is 1.90 bits per heavy atom. The Balaban J connectivity index is 2.86. The second kappa shape index (κ2) is 7.28. The van der Waals surface area contributed by atoms with Crippen molar-refractivity contribution in [3.05, 3.63) is 0 Å². The lowest BCUT2D eigenvalue weighted by Gasteiger charge is -2.39. The normalized spacial score (nSPS) is 19.1. The zero-order valence-corrected chi connectivity index (χ0v) is 12.9. The number of carbonyl (C=O) groups is 3. The number of nitrogens with zero attached hydrogens (tertiary/aromatic N) is 1. The number of hydrogen-bond acceptors (Lipinski definition) is 3. The van der Waals surface area contributed by atoms with Gasteiger partial charge < -0.3 is 20.6 Å². The molecule has 0 spiro atoms. The van der Waals surface area contributed by atoms with Gasteiger partial charge in [-0.25, -0.2) is 4.79 Å². The van der Waals surface area contributed by atoms with E-state index in [-0.39, 0.29) is 18.0 Å². The van der Waals surface area contributed by atoms with Gasteiger partial charge in [-0.3, -0.25) is 9.59 Å². The van der Waals surface area contributed by atoms with Gasteiger partial charge in [0.25, 0.3) is 0 Å². The number of carboxylic acids is 1. The molecule has 7 heteroatoms. The number of aliphatic carboxylic acids is 1. The molecule has 120 valence electrons. The number of urea groups is 1. The number of carbonyl (C=O) groups excluding carboxylic acids is 2. The van der Waals surface area contributed by atoms with E-state index in [2.05, 4.69) is 10.6 Å². The van der Waals surface area contributed by atoms with E-state index in [4.69, 9.17) is 5.11 Å². The Bertz CT molecular complexity index is 399. The molecule has 0 radical (unpaired) electrons. The lowest BCUT2D eigenvalue weighted by molar-refractivity contribution is -0.142. The fraction of sp³-hybridized carbons (Fsp3) is 0.786. The summed E-state index contributed by atoms with van der Waals surface area (Å²) in [5.41, 5.74) is -0.307. The van der Waals surface area contributed by atoms with E-state index in [0.717, 1.165) is 19.3 Å². The molecule has 7 nitrogen and oxygen atoms in total. The fourth-order valence-corrected chi connectivity index (χ4v) is 2.64. The van der Waals surface area contributed by atoms with Crippen molar-refractivity contribution in [3.63, 3.8) is 0 Å². The molecule has 1 saturated heterocycles. The molecule has 1 unspecified atom stereocenters. The molecular weight excluding hydrogens is 274 g/mol. The van der Waals surface area contributed by atoms with E-state index in [1.165, 1.54) is 4.90 Å². The largest absolute Gasteiger partial charge is 0.481 e. The summed E-state index contributed by atoms with van der Waals surface area (Å²) in [4.78, 5) is 36.5. The Labute approximate surface area is 125 Å². The minimum Gasteiger partial charge on any atom is -0.481 e. The quantitative estimate of drug-likeness (QED) is 0.679. The molecule has 3 N–H and O–H groups in total. The van der Waals surface area contributed by atoms with Gasteiger partial charge in [-0.15, -0.1) is 0 Å². The zero-order chi connectivity index (χ0) is 16.0. The highest BCUT2D eigenvalue weighted by atomic mass is 16.4. The number of amides is 3. The van der Waals surface area contributed by atoms with Gasteiger partial charge in [-0.1, -0.05) is 20.8 Å². The number of rotatable bonds is 6. The van der Waals surface area contributed by atoms with Crippen LogP contribution in [0.2, 0.25) is 0 Å². The minimum atomic E-state index is -1.09. The Kier molecular flexibility index (Phi) is 5.99. The summed E-state index contributed by atoms with van der Waals surface area (Å²) < 4.78 is 0. The van der Waals surface area contributed by atoms with Crippen LogP contribution in [-0.2, 0) is 9.59 Å². The molecule has 3 amide bonds. The van der Waals surface area contributed by atoms with Crippen LogP contribution in [0, 0.1) is 0 Å². The van der Waals surface area contributed by atoms with Crippen molar-refractivity contribution in [2.45, 2.75) is 58.0 Å². The first kappa shape index (κ1) is 17.3. The SMILES string of the molecule is CCC(CC)(CC)NC(=O)N1CCNC(=O)C1CC(=O)O. The maximum Gasteiger partial charge on any atom is 0.318 e. The monoisotopic (exact) mass is 299 g/mol. The third-order valence-electron chi connectivity index (χ3n) is 4.36. The van der Waals surface area contributed by atoms with Crippen molar-refractivity contribution >= 4 is 17.9 Å². The lowest BCUT2D eigenvalue weighted by atomic mass is 9.90. The van der Waals surface area contributed by atoms with Gasteiger partial charge in [-0.2, -0.15) is 0 Å². The molecular formula is C14H25N3O4. The molecule has 1 heterocycles. The van der Waals surface area contributed by atoms with E-state index in [9.17, 15) is 14.4 Å². The smallest absolute Gasteiger partial charge is 0.318 e.